The monoisotopic (exact) mass is 465 g/mol. The van der Waals surface area contributed by atoms with E-state index in [1.165, 1.54) is 38.5 Å². The number of nitrogens with zero attached hydrogens (tertiary/aromatic N) is 2. The third kappa shape index (κ3) is 4.22. The second-order valence-corrected chi connectivity index (χ2v) is 10.3. The van der Waals surface area contributed by atoms with Crippen LogP contribution in [0.3, 0.4) is 0 Å². The van der Waals surface area contributed by atoms with Crippen molar-refractivity contribution in [1.82, 2.24) is 5.32 Å². The molecule has 1 N–H and O–H groups in total. The van der Waals surface area contributed by atoms with E-state index in [1.807, 2.05) is 0 Å². The summed E-state index contributed by atoms with van der Waals surface area (Å²) < 4.78 is 5.60. The number of carbonyl (C=O) groups excluding carboxylic acids is 1. The Balaban J connectivity index is 1.26. The summed E-state index contributed by atoms with van der Waals surface area (Å²) in [6, 6.07) is 9.65. The average molecular weight is 466 g/mol. The SMILES string of the molecule is C[C@@H](NC(=O)c1ccc(Oc2cc([N+](=O)[O-])cc([N+](=O)[O-])c2)cc1)C12CC3CC(CC(C3)C1)C2. The van der Waals surface area contributed by atoms with Crippen molar-refractivity contribution in [1.29, 1.82) is 0 Å². The summed E-state index contributed by atoms with van der Waals surface area (Å²) in [6.45, 7) is 2.14. The van der Waals surface area contributed by atoms with E-state index in [2.05, 4.69) is 12.2 Å². The number of hydrogen-bond acceptors (Lipinski definition) is 6. The van der Waals surface area contributed by atoms with Crippen molar-refractivity contribution in [2.24, 2.45) is 23.2 Å². The maximum atomic E-state index is 13.0. The Hall–Kier alpha value is -3.49. The topological polar surface area (TPSA) is 125 Å². The Labute approximate surface area is 196 Å². The van der Waals surface area contributed by atoms with Crippen LogP contribution in [0.15, 0.2) is 42.5 Å². The molecule has 178 valence electrons. The molecule has 4 aliphatic rings. The highest BCUT2D eigenvalue weighted by atomic mass is 16.6. The first-order chi connectivity index (χ1) is 16.2. The van der Waals surface area contributed by atoms with Gasteiger partial charge in [-0.15, -0.1) is 0 Å². The minimum Gasteiger partial charge on any atom is -0.457 e. The van der Waals surface area contributed by atoms with Gasteiger partial charge in [0.15, 0.2) is 0 Å². The first-order valence-electron chi connectivity index (χ1n) is 11.7. The van der Waals surface area contributed by atoms with Crippen molar-refractivity contribution >= 4 is 17.3 Å². The van der Waals surface area contributed by atoms with Crippen molar-refractivity contribution in [2.45, 2.75) is 51.5 Å². The molecule has 34 heavy (non-hydrogen) atoms. The lowest BCUT2D eigenvalue weighted by atomic mass is 9.48. The van der Waals surface area contributed by atoms with Crippen LogP contribution in [0.5, 0.6) is 11.5 Å². The maximum Gasteiger partial charge on any atom is 0.280 e. The van der Waals surface area contributed by atoms with Gasteiger partial charge >= 0.3 is 0 Å². The van der Waals surface area contributed by atoms with Crippen LogP contribution in [0.25, 0.3) is 0 Å². The fraction of sp³-hybridized carbons (Fsp3) is 0.480. The van der Waals surface area contributed by atoms with Gasteiger partial charge in [-0.05, 0) is 92.9 Å². The fourth-order valence-corrected chi connectivity index (χ4v) is 6.79. The summed E-state index contributed by atoms with van der Waals surface area (Å²) in [7, 11) is 0. The van der Waals surface area contributed by atoms with Gasteiger partial charge in [-0.25, -0.2) is 0 Å². The second-order valence-electron chi connectivity index (χ2n) is 10.3. The summed E-state index contributed by atoms with van der Waals surface area (Å²) in [4.78, 5) is 33.7. The molecule has 9 nitrogen and oxygen atoms in total. The Morgan fingerprint density at radius 2 is 1.41 bits per heavy atom. The van der Waals surface area contributed by atoms with Gasteiger partial charge in [0.25, 0.3) is 17.3 Å². The van der Waals surface area contributed by atoms with Crippen molar-refractivity contribution in [3.8, 4) is 11.5 Å². The Morgan fingerprint density at radius 1 is 0.912 bits per heavy atom. The molecule has 1 atom stereocenters. The van der Waals surface area contributed by atoms with Crippen LogP contribution < -0.4 is 10.1 Å². The molecule has 2 aromatic rings. The minimum atomic E-state index is -0.710. The number of non-ortho nitro benzene ring substituents is 2. The standard InChI is InChI=1S/C25H27N3O6/c1-15(25-12-16-6-17(13-25)8-18(7-16)14-25)26-24(29)19-2-4-22(5-3-19)34-23-10-20(27(30)31)9-21(11-23)28(32)33/h2-5,9-11,15-18H,6-8,12-14H2,1H3,(H,26,29)/t15-,16?,17?,18?,25?/m1/s1. The summed E-state index contributed by atoms with van der Waals surface area (Å²) in [5, 5.41) is 25.4. The summed E-state index contributed by atoms with van der Waals surface area (Å²) in [5.41, 5.74) is -0.156. The maximum absolute atomic E-state index is 13.0. The number of hydrogen-bond donors (Lipinski definition) is 1. The molecular formula is C25H27N3O6. The normalized spacial score (nSPS) is 27.7. The highest BCUT2D eigenvalue weighted by Crippen LogP contribution is 2.61. The van der Waals surface area contributed by atoms with Gasteiger partial charge in [0.05, 0.1) is 28.0 Å². The predicted octanol–water partition coefficient (Wildman–Crippen LogP) is 5.63. The molecule has 0 radical (unpaired) electrons. The zero-order valence-electron chi connectivity index (χ0n) is 18.9. The highest BCUT2D eigenvalue weighted by Gasteiger charge is 2.53. The van der Waals surface area contributed by atoms with E-state index in [1.54, 1.807) is 24.3 Å². The van der Waals surface area contributed by atoms with Gasteiger partial charge in [0, 0.05) is 11.6 Å². The molecule has 4 bridgehead atoms. The molecule has 9 heteroatoms. The number of carbonyl (C=O) groups is 1. The molecule has 4 fully saturated rings. The number of benzene rings is 2. The third-order valence-electron chi connectivity index (χ3n) is 8.00. The van der Waals surface area contributed by atoms with Gasteiger partial charge in [-0.2, -0.15) is 0 Å². The van der Waals surface area contributed by atoms with E-state index in [9.17, 15) is 25.0 Å². The second kappa shape index (κ2) is 8.38. The molecule has 2 aromatic carbocycles. The van der Waals surface area contributed by atoms with Gasteiger partial charge in [0.2, 0.25) is 0 Å². The molecule has 6 rings (SSSR count). The molecule has 4 aliphatic carbocycles. The van der Waals surface area contributed by atoms with Crippen LogP contribution >= 0.6 is 0 Å². The zero-order chi connectivity index (χ0) is 24.0. The molecule has 0 aromatic heterocycles. The molecule has 1 amide bonds. The summed E-state index contributed by atoms with van der Waals surface area (Å²) in [6.07, 6.45) is 7.70. The van der Waals surface area contributed by atoms with Crippen LogP contribution in [0.4, 0.5) is 11.4 Å². The van der Waals surface area contributed by atoms with Crippen molar-refractivity contribution < 1.29 is 19.4 Å². The van der Waals surface area contributed by atoms with Crippen molar-refractivity contribution in [3.05, 3.63) is 68.3 Å². The van der Waals surface area contributed by atoms with Gasteiger partial charge in [0.1, 0.15) is 11.5 Å². The quantitative estimate of drug-likeness (QED) is 0.417. The number of nitro groups is 2. The molecule has 0 spiro atoms. The Kier molecular flexibility index (Phi) is 5.50. The van der Waals surface area contributed by atoms with E-state index >= 15 is 0 Å². The lowest BCUT2D eigenvalue weighted by molar-refractivity contribution is -0.394. The molecular weight excluding hydrogens is 438 g/mol. The van der Waals surface area contributed by atoms with E-state index < -0.39 is 21.2 Å². The lowest BCUT2D eigenvalue weighted by Crippen LogP contribution is -2.55. The number of ether oxygens (including phenoxy) is 1. The van der Waals surface area contributed by atoms with Crippen LogP contribution in [0.2, 0.25) is 0 Å². The first kappa shape index (κ1) is 22.3. The van der Waals surface area contributed by atoms with E-state index in [-0.39, 0.29) is 23.1 Å². The van der Waals surface area contributed by atoms with Crippen LogP contribution in [-0.2, 0) is 0 Å². The van der Waals surface area contributed by atoms with Gasteiger partial charge in [-0.3, -0.25) is 25.0 Å². The fourth-order valence-electron chi connectivity index (χ4n) is 6.79. The van der Waals surface area contributed by atoms with E-state index in [0.717, 1.165) is 36.0 Å². The largest absolute Gasteiger partial charge is 0.457 e. The average Bonchev–Trinajstić information content (AvgIpc) is 2.78. The van der Waals surface area contributed by atoms with Crippen LogP contribution in [-0.4, -0.2) is 21.8 Å². The van der Waals surface area contributed by atoms with E-state index in [0.29, 0.717) is 11.3 Å². The first-order valence-corrected chi connectivity index (χ1v) is 11.7. The Morgan fingerprint density at radius 3 is 1.88 bits per heavy atom. The highest BCUT2D eigenvalue weighted by molar-refractivity contribution is 5.94. The van der Waals surface area contributed by atoms with Gasteiger partial charge in [-0.1, -0.05) is 0 Å². The van der Waals surface area contributed by atoms with Crippen LogP contribution in [0.1, 0.15) is 55.8 Å². The molecule has 4 saturated carbocycles. The molecule has 0 aliphatic heterocycles. The third-order valence-corrected chi connectivity index (χ3v) is 8.00. The smallest absolute Gasteiger partial charge is 0.280 e. The molecule has 0 heterocycles. The minimum absolute atomic E-state index is 0.0199. The predicted molar refractivity (Wildman–Crippen MR) is 124 cm³/mol. The molecule has 0 saturated heterocycles. The number of nitrogens with one attached hydrogen (secondary N) is 1. The van der Waals surface area contributed by atoms with Crippen molar-refractivity contribution in [3.63, 3.8) is 0 Å². The molecule has 0 unspecified atom stereocenters. The van der Waals surface area contributed by atoms with Crippen LogP contribution in [0, 0.1) is 43.4 Å². The van der Waals surface area contributed by atoms with E-state index in [4.69, 9.17) is 4.74 Å². The van der Waals surface area contributed by atoms with Gasteiger partial charge < -0.3 is 10.1 Å². The summed E-state index contributed by atoms with van der Waals surface area (Å²) in [5.74, 6) is 2.60. The lowest BCUT2D eigenvalue weighted by Gasteiger charge is -2.59. The summed E-state index contributed by atoms with van der Waals surface area (Å²) >= 11 is 0. The number of nitro benzene ring substituents is 2. The zero-order valence-corrected chi connectivity index (χ0v) is 18.9. The van der Waals surface area contributed by atoms with Crippen molar-refractivity contribution in [2.75, 3.05) is 0 Å². The number of amides is 1. The Bertz CT molecular complexity index is 1080. The number of rotatable bonds is 7.